The predicted molar refractivity (Wildman–Crippen MR) is 67.4 cm³/mol. The van der Waals surface area contributed by atoms with Gasteiger partial charge in [0.05, 0.1) is 11.4 Å². The van der Waals surface area contributed by atoms with Crippen LogP contribution in [-0.4, -0.2) is 12.5 Å². The molecular formula is C11H16ClN3O. The number of amides is 1. The standard InChI is InChI=1S/C11H16ClN3O/c12-8-4-5-10(9(13)7-8)15-6-2-1-3-11(14)16/h4-5,7,15H,1-3,6,13H2,(H2,14,16). The van der Waals surface area contributed by atoms with E-state index >= 15 is 0 Å². The van der Waals surface area contributed by atoms with Crippen LogP contribution in [0.15, 0.2) is 18.2 Å². The first-order chi connectivity index (χ1) is 7.59. The zero-order valence-corrected chi connectivity index (χ0v) is 9.76. The number of unbranched alkanes of at least 4 members (excludes halogenated alkanes) is 1. The van der Waals surface area contributed by atoms with Crippen LogP contribution in [0.25, 0.3) is 0 Å². The van der Waals surface area contributed by atoms with Crippen LogP contribution >= 0.6 is 11.6 Å². The third kappa shape index (κ3) is 4.40. The summed E-state index contributed by atoms with van der Waals surface area (Å²) in [4.78, 5) is 10.5. The van der Waals surface area contributed by atoms with Crippen LogP contribution in [0.4, 0.5) is 11.4 Å². The Hall–Kier alpha value is -1.42. The number of nitrogens with two attached hydrogens (primary N) is 2. The molecule has 0 bridgehead atoms. The summed E-state index contributed by atoms with van der Waals surface area (Å²) in [5.74, 6) is -0.258. The smallest absolute Gasteiger partial charge is 0.217 e. The summed E-state index contributed by atoms with van der Waals surface area (Å²) in [6.07, 6.45) is 2.10. The van der Waals surface area contributed by atoms with Crippen molar-refractivity contribution in [1.82, 2.24) is 0 Å². The fourth-order valence-electron chi connectivity index (χ4n) is 1.34. The van der Waals surface area contributed by atoms with E-state index in [0.29, 0.717) is 17.1 Å². The Morgan fingerprint density at radius 3 is 2.75 bits per heavy atom. The molecule has 4 nitrogen and oxygen atoms in total. The lowest BCUT2D eigenvalue weighted by atomic mass is 10.2. The second-order valence-corrected chi connectivity index (χ2v) is 4.02. The number of benzene rings is 1. The Kier molecular flexibility index (Phi) is 4.92. The van der Waals surface area contributed by atoms with Crippen LogP contribution in [0.1, 0.15) is 19.3 Å². The quantitative estimate of drug-likeness (QED) is 0.526. The summed E-state index contributed by atoms with van der Waals surface area (Å²) < 4.78 is 0. The number of hydrogen-bond acceptors (Lipinski definition) is 3. The number of nitrogen functional groups attached to an aromatic ring is 1. The maximum Gasteiger partial charge on any atom is 0.217 e. The number of primary amides is 1. The highest BCUT2D eigenvalue weighted by atomic mass is 35.5. The number of carbonyl (C=O) groups is 1. The second-order valence-electron chi connectivity index (χ2n) is 3.58. The van der Waals surface area contributed by atoms with Crippen LogP contribution in [0.3, 0.4) is 0 Å². The van der Waals surface area contributed by atoms with Gasteiger partial charge >= 0.3 is 0 Å². The summed E-state index contributed by atoms with van der Waals surface area (Å²) in [5, 5.41) is 3.80. The van der Waals surface area contributed by atoms with Crippen LogP contribution in [-0.2, 0) is 4.79 Å². The van der Waals surface area contributed by atoms with Crippen LogP contribution in [0.5, 0.6) is 0 Å². The Bertz CT molecular complexity index is 368. The molecule has 0 aliphatic rings. The molecule has 0 spiro atoms. The van der Waals surface area contributed by atoms with Gasteiger partial charge in [-0.15, -0.1) is 0 Å². The van der Waals surface area contributed by atoms with E-state index in [1.54, 1.807) is 12.1 Å². The van der Waals surface area contributed by atoms with Gasteiger partial charge in [0.1, 0.15) is 0 Å². The van der Waals surface area contributed by atoms with Crippen LogP contribution < -0.4 is 16.8 Å². The Morgan fingerprint density at radius 1 is 1.38 bits per heavy atom. The van der Waals surface area contributed by atoms with Crippen LogP contribution in [0, 0.1) is 0 Å². The number of halogens is 1. The molecule has 16 heavy (non-hydrogen) atoms. The maximum atomic E-state index is 10.5. The number of nitrogens with one attached hydrogen (secondary N) is 1. The van der Waals surface area contributed by atoms with Crippen molar-refractivity contribution in [3.05, 3.63) is 23.2 Å². The van der Waals surface area contributed by atoms with Crippen molar-refractivity contribution < 1.29 is 4.79 Å². The minimum Gasteiger partial charge on any atom is -0.397 e. The van der Waals surface area contributed by atoms with Crippen molar-refractivity contribution in [2.45, 2.75) is 19.3 Å². The second kappa shape index (κ2) is 6.23. The summed E-state index contributed by atoms with van der Waals surface area (Å²) in [6, 6.07) is 5.32. The molecule has 1 aromatic carbocycles. The highest BCUT2D eigenvalue weighted by Gasteiger charge is 1.99. The predicted octanol–water partition coefficient (Wildman–Crippen LogP) is 1.99. The summed E-state index contributed by atoms with van der Waals surface area (Å²) >= 11 is 5.78. The van der Waals surface area contributed by atoms with Crippen molar-refractivity contribution in [2.24, 2.45) is 5.73 Å². The molecule has 0 aliphatic carbocycles. The Morgan fingerprint density at radius 2 is 2.12 bits per heavy atom. The molecule has 0 radical (unpaired) electrons. The van der Waals surface area contributed by atoms with Gasteiger partial charge in [-0.1, -0.05) is 11.6 Å². The molecule has 1 aromatic rings. The maximum absolute atomic E-state index is 10.5. The third-order valence-corrected chi connectivity index (χ3v) is 2.41. The van der Waals surface area contributed by atoms with Gasteiger partial charge in [-0.3, -0.25) is 4.79 Å². The fourth-order valence-corrected chi connectivity index (χ4v) is 1.52. The van der Waals surface area contributed by atoms with E-state index in [1.165, 1.54) is 0 Å². The molecule has 0 aromatic heterocycles. The molecule has 88 valence electrons. The lowest BCUT2D eigenvalue weighted by Crippen LogP contribution is -2.11. The number of hydrogen-bond donors (Lipinski definition) is 3. The molecule has 0 saturated carbocycles. The molecule has 0 aliphatic heterocycles. The Labute approximate surface area is 100.0 Å². The lowest BCUT2D eigenvalue weighted by molar-refractivity contribution is -0.118. The molecule has 0 heterocycles. The molecule has 5 heteroatoms. The zero-order chi connectivity index (χ0) is 12.0. The first kappa shape index (κ1) is 12.6. The molecule has 0 fully saturated rings. The van der Waals surface area contributed by atoms with Crippen LogP contribution in [0.2, 0.25) is 5.02 Å². The molecule has 5 N–H and O–H groups in total. The summed E-state index contributed by atoms with van der Waals surface area (Å²) in [6.45, 7) is 0.763. The summed E-state index contributed by atoms with van der Waals surface area (Å²) in [5.41, 5.74) is 12.3. The first-order valence-electron chi connectivity index (χ1n) is 5.17. The van der Waals surface area contributed by atoms with Crippen molar-refractivity contribution in [3.8, 4) is 0 Å². The van der Waals surface area contributed by atoms with E-state index in [0.717, 1.165) is 25.1 Å². The monoisotopic (exact) mass is 241 g/mol. The van der Waals surface area contributed by atoms with E-state index in [1.807, 2.05) is 6.07 Å². The molecule has 0 unspecified atom stereocenters. The molecule has 1 rings (SSSR count). The molecule has 0 atom stereocenters. The Balaban J connectivity index is 2.29. The number of rotatable bonds is 6. The van der Waals surface area contributed by atoms with Gasteiger partial charge in [0, 0.05) is 18.0 Å². The number of carbonyl (C=O) groups excluding carboxylic acids is 1. The minimum atomic E-state index is -0.258. The average Bonchev–Trinajstić information content (AvgIpc) is 2.20. The SMILES string of the molecule is NC(=O)CCCCNc1ccc(Cl)cc1N. The largest absolute Gasteiger partial charge is 0.397 e. The van der Waals surface area contributed by atoms with Crippen molar-refractivity contribution in [1.29, 1.82) is 0 Å². The third-order valence-electron chi connectivity index (χ3n) is 2.18. The van der Waals surface area contributed by atoms with Gasteiger partial charge < -0.3 is 16.8 Å². The average molecular weight is 242 g/mol. The fraction of sp³-hybridized carbons (Fsp3) is 0.364. The van der Waals surface area contributed by atoms with E-state index in [9.17, 15) is 4.79 Å². The van der Waals surface area contributed by atoms with Gasteiger partial charge in [0.25, 0.3) is 0 Å². The lowest BCUT2D eigenvalue weighted by Gasteiger charge is -2.08. The van der Waals surface area contributed by atoms with Gasteiger partial charge in [0.2, 0.25) is 5.91 Å². The van der Waals surface area contributed by atoms with E-state index in [-0.39, 0.29) is 5.91 Å². The van der Waals surface area contributed by atoms with Gasteiger partial charge in [-0.2, -0.15) is 0 Å². The zero-order valence-electron chi connectivity index (χ0n) is 9.00. The molecule has 0 saturated heterocycles. The van der Waals surface area contributed by atoms with E-state index in [2.05, 4.69) is 5.32 Å². The highest BCUT2D eigenvalue weighted by Crippen LogP contribution is 2.22. The van der Waals surface area contributed by atoms with Gasteiger partial charge in [0.15, 0.2) is 0 Å². The number of anilines is 2. The van der Waals surface area contributed by atoms with Crippen molar-refractivity contribution in [3.63, 3.8) is 0 Å². The van der Waals surface area contributed by atoms with Gasteiger partial charge in [-0.25, -0.2) is 0 Å². The molecular weight excluding hydrogens is 226 g/mol. The topological polar surface area (TPSA) is 81.1 Å². The first-order valence-corrected chi connectivity index (χ1v) is 5.54. The van der Waals surface area contributed by atoms with E-state index in [4.69, 9.17) is 23.1 Å². The highest BCUT2D eigenvalue weighted by molar-refractivity contribution is 6.31. The van der Waals surface area contributed by atoms with Crippen molar-refractivity contribution >= 4 is 28.9 Å². The molecule has 1 amide bonds. The summed E-state index contributed by atoms with van der Waals surface area (Å²) in [7, 11) is 0. The van der Waals surface area contributed by atoms with Crippen molar-refractivity contribution in [2.75, 3.05) is 17.6 Å². The van der Waals surface area contributed by atoms with E-state index < -0.39 is 0 Å². The normalized spacial score (nSPS) is 10.1. The minimum absolute atomic E-state index is 0.258. The van der Waals surface area contributed by atoms with Gasteiger partial charge in [-0.05, 0) is 31.0 Å².